The summed E-state index contributed by atoms with van der Waals surface area (Å²) in [5.41, 5.74) is 0.558. The minimum Gasteiger partial charge on any atom is -0.507 e. The Morgan fingerprint density at radius 2 is 1.94 bits per heavy atom. The summed E-state index contributed by atoms with van der Waals surface area (Å²) in [5, 5.41) is 9.62. The van der Waals surface area contributed by atoms with Gasteiger partial charge in [-0.1, -0.05) is 24.3 Å². The van der Waals surface area contributed by atoms with Crippen LogP contribution in [0.15, 0.2) is 47.4 Å². The van der Waals surface area contributed by atoms with Crippen LogP contribution in [0.2, 0.25) is 0 Å². The zero-order valence-corrected chi connectivity index (χ0v) is 10.7. The van der Waals surface area contributed by atoms with Crippen molar-refractivity contribution in [2.24, 2.45) is 0 Å². The van der Waals surface area contributed by atoms with Gasteiger partial charge in [-0.3, -0.25) is 0 Å². The fourth-order valence-electron chi connectivity index (χ4n) is 1.56. The third-order valence-corrected chi connectivity index (χ3v) is 3.62. The Morgan fingerprint density at radius 3 is 2.67 bits per heavy atom. The Kier molecular flexibility index (Phi) is 4.10. The maximum absolute atomic E-state index is 13.9. The lowest BCUT2D eigenvalue weighted by atomic mass is 10.2. The van der Waals surface area contributed by atoms with E-state index in [1.807, 2.05) is 6.07 Å². The van der Waals surface area contributed by atoms with E-state index in [0.29, 0.717) is 11.3 Å². The summed E-state index contributed by atoms with van der Waals surface area (Å²) < 4.78 is 18.8. The number of methoxy groups -OCH3 is 1. The van der Waals surface area contributed by atoms with Crippen molar-refractivity contribution in [3.63, 3.8) is 0 Å². The Balaban J connectivity index is 2.14. The summed E-state index contributed by atoms with van der Waals surface area (Å²) in [5.74, 6) is 0.555. The van der Waals surface area contributed by atoms with Gasteiger partial charge in [-0.2, -0.15) is 0 Å². The van der Waals surface area contributed by atoms with Gasteiger partial charge in [0.2, 0.25) is 0 Å². The molecular formula is C14H13FO2S. The van der Waals surface area contributed by atoms with Crippen molar-refractivity contribution in [2.45, 2.75) is 10.6 Å². The van der Waals surface area contributed by atoms with Gasteiger partial charge in [0, 0.05) is 16.2 Å². The van der Waals surface area contributed by atoms with E-state index in [4.69, 9.17) is 4.74 Å². The van der Waals surface area contributed by atoms with Crippen molar-refractivity contribution in [1.82, 2.24) is 0 Å². The Labute approximate surface area is 109 Å². The number of para-hydroxylation sites is 1. The maximum atomic E-state index is 13.9. The van der Waals surface area contributed by atoms with Crippen LogP contribution in [0.5, 0.6) is 11.5 Å². The molecule has 0 bridgehead atoms. The van der Waals surface area contributed by atoms with Crippen molar-refractivity contribution in [1.29, 1.82) is 0 Å². The number of benzene rings is 2. The highest BCUT2D eigenvalue weighted by atomic mass is 32.2. The summed E-state index contributed by atoms with van der Waals surface area (Å²) in [6, 6.07) is 12.1. The first-order valence-electron chi connectivity index (χ1n) is 5.44. The van der Waals surface area contributed by atoms with Crippen LogP contribution < -0.4 is 4.74 Å². The van der Waals surface area contributed by atoms with Gasteiger partial charge < -0.3 is 9.84 Å². The number of phenols is 1. The number of aromatic hydroxyl groups is 1. The van der Waals surface area contributed by atoms with E-state index in [9.17, 15) is 9.50 Å². The molecule has 4 heteroatoms. The number of ether oxygens (including phenoxy) is 1. The summed E-state index contributed by atoms with van der Waals surface area (Å²) >= 11 is 1.39. The highest BCUT2D eigenvalue weighted by Gasteiger charge is 2.09. The monoisotopic (exact) mass is 264 g/mol. The number of halogens is 1. The van der Waals surface area contributed by atoms with Gasteiger partial charge in [0.15, 0.2) is 11.6 Å². The lowest BCUT2D eigenvalue weighted by Gasteiger charge is -2.08. The first kappa shape index (κ1) is 12.8. The van der Waals surface area contributed by atoms with Gasteiger partial charge >= 0.3 is 0 Å². The van der Waals surface area contributed by atoms with Gasteiger partial charge in [-0.15, -0.1) is 11.8 Å². The zero-order valence-electron chi connectivity index (χ0n) is 9.89. The molecule has 94 valence electrons. The molecule has 0 heterocycles. The predicted molar refractivity (Wildman–Crippen MR) is 70.6 cm³/mol. The highest BCUT2D eigenvalue weighted by Crippen LogP contribution is 2.32. The average Bonchev–Trinajstić information content (AvgIpc) is 2.39. The SMILES string of the molecule is COc1cccc(CSc2ccccc2O)c1F. The smallest absolute Gasteiger partial charge is 0.169 e. The molecule has 2 nitrogen and oxygen atoms in total. The molecule has 2 rings (SSSR count). The third kappa shape index (κ3) is 2.76. The molecule has 0 amide bonds. The molecule has 0 aromatic heterocycles. The molecular weight excluding hydrogens is 251 g/mol. The minimum atomic E-state index is -0.345. The third-order valence-electron chi connectivity index (χ3n) is 2.51. The molecule has 0 aliphatic carbocycles. The lowest BCUT2D eigenvalue weighted by Crippen LogP contribution is -1.93. The highest BCUT2D eigenvalue weighted by molar-refractivity contribution is 7.98. The van der Waals surface area contributed by atoms with Crippen LogP contribution in [0.3, 0.4) is 0 Å². The van der Waals surface area contributed by atoms with Gasteiger partial charge in [0.25, 0.3) is 0 Å². The quantitative estimate of drug-likeness (QED) is 0.851. The molecule has 0 spiro atoms. The number of hydrogen-bond donors (Lipinski definition) is 1. The summed E-state index contributed by atoms with van der Waals surface area (Å²) in [6.07, 6.45) is 0. The van der Waals surface area contributed by atoms with Crippen LogP contribution in [0.1, 0.15) is 5.56 Å². The molecule has 0 aliphatic heterocycles. The largest absolute Gasteiger partial charge is 0.507 e. The molecule has 0 aliphatic rings. The first-order valence-corrected chi connectivity index (χ1v) is 6.43. The van der Waals surface area contributed by atoms with Crippen molar-refractivity contribution >= 4 is 11.8 Å². The second-order valence-electron chi connectivity index (χ2n) is 3.69. The van der Waals surface area contributed by atoms with E-state index >= 15 is 0 Å². The van der Waals surface area contributed by atoms with Crippen LogP contribution in [0.4, 0.5) is 4.39 Å². The van der Waals surface area contributed by atoms with E-state index in [0.717, 1.165) is 4.90 Å². The number of phenolic OH excluding ortho intramolecular Hbond substituents is 1. The summed E-state index contributed by atoms with van der Waals surface area (Å²) in [7, 11) is 1.44. The molecule has 0 saturated carbocycles. The fraction of sp³-hybridized carbons (Fsp3) is 0.143. The molecule has 2 aromatic carbocycles. The summed E-state index contributed by atoms with van der Waals surface area (Å²) in [6.45, 7) is 0. The minimum absolute atomic E-state index is 0.214. The van der Waals surface area contributed by atoms with E-state index in [1.54, 1.807) is 36.4 Å². The summed E-state index contributed by atoms with van der Waals surface area (Å²) in [4.78, 5) is 0.736. The van der Waals surface area contributed by atoms with Gasteiger partial charge in [0.1, 0.15) is 5.75 Å². The van der Waals surface area contributed by atoms with Gasteiger partial charge in [0.05, 0.1) is 7.11 Å². The molecule has 0 atom stereocenters. The molecule has 0 unspecified atom stereocenters. The molecule has 0 radical (unpaired) electrons. The molecule has 2 aromatic rings. The number of rotatable bonds is 4. The maximum Gasteiger partial charge on any atom is 0.169 e. The Morgan fingerprint density at radius 1 is 1.17 bits per heavy atom. The molecule has 0 fully saturated rings. The van der Waals surface area contributed by atoms with Gasteiger partial charge in [-0.25, -0.2) is 4.39 Å². The zero-order chi connectivity index (χ0) is 13.0. The fourth-order valence-corrected chi connectivity index (χ4v) is 2.48. The van der Waals surface area contributed by atoms with E-state index in [1.165, 1.54) is 18.9 Å². The topological polar surface area (TPSA) is 29.5 Å². The normalized spacial score (nSPS) is 10.3. The number of thioether (sulfide) groups is 1. The van der Waals surface area contributed by atoms with Crippen molar-refractivity contribution in [2.75, 3.05) is 7.11 Å². The Hall–Kier alpha value is -1.68. The van der Waals surface area contributed by atoms with Crippen molar-refractivity contribution in [3.8, 4) is 11.5 Å². The van der Waals surface area contributed by atoms with Crippen LogP contribution in [0, 0.1) is 5.82 Å². The van der Waals surface area contributed by atoms with E-state index in [-0.39, 0.29) is 17.3 Å². The van der Waals surface area contributed by atoms with Crippen molar-refractivity contribution < 1.29 is 14.2 Å². The second-order valence-corrected chi connectivity index (χ2v) is 4.71. The van der Waals surface area contributed by atoms with E-state index < -0.39 is 0 Å². The standard InChI is InChI=1S/C14H13FO2S/c1-17-12-7-4-5-10(14(12)15)9-18-13-8-3-2-6-11(13)16/h2-8,16H,9H2,1H3. The Bertz CT molecular complexity index is 543. The van der Waals surface area contributed by atoms with Crippen molar-refractivity contribution in [3.05, 3.63) is 53.8 Å². The van der Waals surface area contributed by atoms with E-state index in [2.05, 4.69) is 0 Å². The van der Waals surface area contributed by atoms with Crippen LogP contribution in [-0.2, 0) is 5.75 Å². The van der Waals surface area contributed by atoms with Crippen LogP contribution in [0.25, 0.3) is 0 Å². The average molecular weight is 264 g/mol. The molecule has 0 saturated heterocycles. The van der Waals surface area contributed by atoms with Crippen LogP contribution >= 0.6 is 11.8 Å². The lowest BCUT2D eigenvalue weighted by molar-refractivity contribution is 0.385. The second kappa shape index (κ2) is 5.78. The molecule has 1 N–H and O–H groups in total. The molecule has 18 heavy (non-hydrogen) atoms. The van der Waals surface area contributed by atoms with Gasteiger partial charge in [-0.05, 0) is 18.2 Å². The predicted octanol–water partition coefficient (Wildman–Crippen LogP) is 3.83. The number of hydrogen-bond acceptors (Lipinski definition) is 3. The van der Waals surface area contributed by atoms with Crippen LogP contribution in [-0.4, -0.2) is 12.2 Å². The first-order chi connectivity index (χ1) is 8.72.